The molecule has 2 amide bonds. The number of phosphoric ester groups is 1. The van der Waals surface area contributed by atoms with Crippen LogP contribution < -0.4 is 10.6 Å². The number of rotatable bonds is 63. The van der Waals surface area contributed by atoms with Gasteiger partial charge in [-0.3, -0.25) is 28.0 Å². The quantitative estimate of drug-likeness (QED) is 0.0122. The number of unbranched alkanes of at least 4 members (excludes halogenated alkanes) is 30. The molecule has 0 radical (unpaired) electrons. The highest BCUT2D eigenvalue weighted by molar-refractivity contribution is 7.48. The Morgan fingerprint density at radius 3 is 1.21 bits per heavy atom. The van der Waals surface area contributed by atoms with Crippen molar-refractivity contribution in [2.45, 2.75) is 360 Å². The van der Waals surface area contributed by atoms with Crippen LogP contribution in [0.1, 0.15) is 281 Å². The van der Waals surface area contributed by atoms with Crippen molar-refractivity contribution in [2.24, 2.45) is 0 Å². The monoisotopic (exact) mass is 1800 g/mol. The smallest absolute Gasteiger partial charge is 0.462 e. The number of ether oxygens (including phenoxy) is 10. The molecule has 119 heavy (non-hydrogen) atoms. The van der Waals surface area contributed by atoms with E-state index in [0.29, 0.717) is 42.4 Å². The average molecular weight is 1810 g/mol. The SMILES string of the molecule is CCCCCCCCCCCCCCCC(=O)O[C@H]1[C@H](O)[C@@H](CO[C@@H]2O[C@H](COCc3ccccc3)[C@@H](OP(=O)(OCc3ccccc3)OCc3ccccc3)[C@H](OC(=O)C[C@@H](CCCCCCCCCCC)OC(=O)CCCCCCCCCCCCC)[C@H]2NC(=O)OCC(Cl)(Cl)Cl)O[C@@H](OCc2ccccc2)[C@@H]1NC(=O)OCC(Cl)(Cl)Cl. The summed E-state index contributed by atoms with van der Waals surface area (Å²) in [5.41, 5.74) is 2.52. The first-order valence-electron chi connectivity index (χ1n) is 43.7. The summed E-state index contributed by atoms with van der Waals surface area (Å²) in [6.45, 7) is 3.03. The summed E-state index contributed by atoms with van der Waals surface area (Å²) in [7, 11) is -5.00. The lowest BCUT2D eigenvalue weighted by molar-refractivity contribution is -0.306. The topological polar surface area (TPSA) is 267 Å². The molecule has 0 saturated carbocycles. The van der Waals surface area contributed by atoms with E-state index in [0.717, 1.165) is 95.5 Å². The Balaban J connectivity index is 1.42. The van der Waals surface area contributed by atoms with E-state index in [-0.39, 0.29) is 45.7 Å². The van der Waals surface area contributed by atoms with Crippen molar-refractivity contribution >= 4 is 108 Å². The van der Waals surface area contributed by atoms with Crippen LogP contribution in [0.4, 0.5) is 9.59 Å². The fourth-order valence-corrected chi connectivity index (χ4v) is 15.9. The first-order valence-corrected chi connectivity index (χ1v) is 47.4. The molecule has 3 N–H and O–H groups in total. The van der Waals surface area contributed by atoms with Crippen molar-refractivity contribution in [3.63, 3.8) is 0 Å². The van der Waals surface area contributed by atoms with Gasteiger partial charge in [-0.25, -0.2) is 14.2 Å². The third-order valence-electron chi connectivity index (χ3n) is 20.7. The lowest BCUT2D eigenvalue weighted by atomic mass is 9.95. The van der Waals surface area contributed by atoms with Gasteiger partial charge in [-0.15, -0.1) is 0 Å². The fourth-order valence-electron chi connectivity index (χ4n) is 14.2. The number of aliphatic hydroxyl groups is 1. The van der Waals surface area contributed by atoms with Crippen molar-refractivity contribution in [1.29, 1.82) is 0 Å². The molecule has 2 aliphatic heterocycles. The molecule has 0 aromatic heterocycles. The van der Waals surface area contributed by atoms with Crippen LogP contribution in [0.25, 0.3) is 0 Å². The lowest BCUT2D eigenvalue weighted by Crippen LogP contribution is -2.68. The number of carbonyl (C=O) groups is 5. The van der Waals surface area contributed by atoms with Gasteiger partial charge in [0.1, 0.15) is 55.8 Å². The van der Waals surface area contributed by atoms with Gasteiger partial charge in [-0.05, 0) is 47.9 Å². The molecule has 22 nitrogen and oxygen atoms in total. The Morgan fingerprint density at radius 2 is 0.782 bits per heavy atom. The van der Waals surface area contributed by atoms with E-state index in [1.54, 1.807) is 84.9 Å². The highest BCUT2D eigenvalue weighted by Crippen LogP contribution is 2.54. The molecule has 2 fully saturated rings. The number of alkyl halides is 6. The molecular formula is C90H133Cl6N2O20P. The Bertz CT molecular complexity index is 3350. The standard InChI is InChI=1S/C90H133Cl6N2O20P/c1-4-7-10-13-16-19-21-22-24-27-30-33-48-59-77(100)116-83-79(97-87(103)109-67-89(91,92)93)85(107-62-70-51-40-35-41-52-70)114-74(81(83)102)66-108-86-80(98-88(104)110-68-90(94,95)96)84(117-78(101)60-73(57-46-31-28-25-18-15-12-9-6-3)113-76(99)58-47-32-29-26-23-20-17-14-11-8-5-2)82(75(115-86)65-106-61-69-49-38-34-39-50-69)118-119(105,111-63-71-53-42-36-43-54-71)112-64-72-55-44-37-45-56-72/h34-45,49-56,73-75,79-86,102H,4-33,46-48,57-68H2,1-3H3,(H,97,103)(H,98,104)/t73-,74-,75-,79-,80-,81-,82-,83-,84-,85-,86-/m1/s1. The third kappa shape index (κ3) is 45.8. The number of alkyl carbamates (subject to hydrolysis) is 2. The van der Waals surface area contributed by atoms with Gasteiger partial charge >= 0.3 is 37.9 Å². The van der Waals surface area contributed by atoms with Crippen LogP contribution in [-0.4, -0.2) is 137 Å². The largest absolute Gasteiger partial charge is 0.475 e. The summed E-state index contributed by atoms with van der Waals surface area (Å²) in [6, 6.07) is 32.4. The zero-order valence-electron chi connectivity index (χ0n) is 70.1. The molecule has 4 aromatic rings. The molecular weight excluding hydrogens is 1670 g/mol. The maximum absolute atomic E-state index is 16.0. The second-order valence-corrected chi connectivity index (χ2v) is 37.7. The van der Waals surface area contributed by atoms with Gasteiger partial charge < -0.3 is 63.1 Å². The molecule has 2 saturated heterocycles. The zero-order valence-corrected chi connectivity index (χ0v) is 75.6. The number of esters is 3. The van der Waals surface area contributed by atoms with E-state index in [9.17, 15) is 24.3 Å². The molecule has 0 bridgehead atoms. The van der Waals surface area contributed by atoms with Crippen LogP contribution in [0.5, 0.6) is 0 Å². The van der Waals surface area contributed by atoms with Gasteiger partial charge in [0.25, 0.3) is 0 Å². The predicted molar refractivity (Wildman–Crippen MR) is 466 cm³/mol. The van der Waals surface area contributed by atoms with Gasteiger partial charge in [0.05, 0.1) is 46.1 Å². The van der Waals surface area contributed by atoms with Crippen molar-refractivity contribution in [3.8, 4) is 0 Å². The second kappa shape index (κ2) is 60.9. The minimum absolute atomic E-state index is 0.0363. The second-order valence-electron chi connectivity index (χ2n) is 31.1. The highest BCUT2D eigenvalue weighted by atomic mass is 35.6. The first-order chi connectivity index (χ1) is 57.5. The van der Waals surface area contributed by atoms with E-state index in [2.05, 4.69) is 31.4 Å². The highest BCUT2D eigenvalue weighted by Gasteiger charge is 2.55. The molecule has 29 heteroatoms. The molecule has 4 aromatic carbocycles. The number of benzene rings is 4. The Kier molecular flexibility index (Phi) is 52.8. The summed E-state index contributed by atoms with van der Waals surface area (Å²) in [5, 5.41) is 18.2. The Morgan fingerprint density at radius 1 is 0.420 bits per heavy atom. The molecule has 670 valence electrons. The average Bonchev–Trinajstić information content (AvgIpc) is 0.772. The molecule has 0 unspecified atom stereocenters. The van der Waals surface area contributed by atoms with Crippen LogP contribution in [0.15, 0.2) is 121 Å². The van der Waals surface area contributed by atoms with Crippen LogP contribution >= 0.6 is 77.4 Å². The van der Waals surface area contributed by atoms with E-state index in [1.165, 1.54) is 96.3 Å². The van der Waals surface area contributed by atoms with Gasteiger partial charge in [0.15, 0.2) is 24.8 Å². The van der Waals surface area contributed by atoms with Gasteiger partial charge in [-0.2, -0.15) is 0 Å². The summed E-state index contributed by atoms with van der Waals surface area (Å²) < 4.78 is 94.4. The normalized spacial score (nSPS) is 19.8. The molecule has 2 heterocycles. The summed E-state index contributed by atoms with van der Waals surface area (Å²) in [5.74, 6) is -2.18. The van der Waals surface area contributed by atoms with Gasteiger partial charge in [0, 0.05) is 12.8 Å². The summed E-state index contributed by atoms with van der Waals surface area (Å²) in [4.78, 5) is 72.4. The molecule has 11 atom stereocenters. The molecule has 2 aliphatic rings. The summed E-state index contributed by atoms with van der Waals surface area (Å²) in [6.07, 6.45) is 17.3. The number of hydrogen-bond donors (Lipinski definition) is 3. The number of phosphoric acid groups is 1. The summed E-state index contributed by atoms with van der Waals surface area (Å²) >= 11 is 36.7. The van der Waals surface area contributed by atoms with E-state index in [1.807, 2.05) is 36.4 Å². The first kappa shape index (κ1) is 103. The van der Waals surface area contributed by atoms with Crippen molar-refractivity contribution < 1.29 is 94.6 Å². The van der Waals surface area contributed by atoms with Crippen LogP contribution in [0, 0.1) is 0 Å². The zero-order chi connectivity index (χ0) is 85.6. The minimum Gasteiger partial charge on any atom is -0.462 e. The van der Waals surface area contributed by atoms with Gasteiger partial charge in [0.2, 0.25) is 7.59 Å². The number of hydrogen-bond acceptors (Lipinski definition) is 20. The molecule has 6 rings (SSSR count). The van der Waals surface area contributed by atoms with Crippen LogP contribution in [-0.2, 0) is 106 Å². The lowest BCUT2D eigenvalue weighted by Gasteiger charge is -2.47. The Labute approximate surface area is 737 Å². The number of nitrogens with one attached hydrogen (secondary N) is 2. The van der Waals surface area contributed by atoms with Gasteiger partial charge in [-0.1, -0.05) is 404 Å². The predicted octanol–water partition coefficient (Wildman–Crippen LogP) is 23.3. The maximum Gasteiger partial charge on any atom is 0.475 e. The molecule has 0 aliphatic carbocycles. The van der Waals surface area contributed by atoms with E-state index >= 15 is 9.36 Å². The van der Waals surface area contributed by atoms with Crippen LogP contribution in [0.2, 0.25) is 0 Å². The van der Waals surface area contributed by atoms with Crippen LogP contribution in [0.3, 0.4) is 0 Å². The third-order valence-corrected chi connectivity index (χ3v) is 22.8. The number of halogens is 6. The maximum atomic E-state index is 16.0. The number of aliphatic hydroxyl groups excluding tert-OH is 1. The van der Waals surface area contributed by atoms with E-state index in [4.69, 9.17) is 131 Å². The number of carbonyl (C=O) groups excluding carboxylic acids is 5. The van der Waals surface area contributed by atoms with Crippen molar-refractivity contribution in [1.82, 2.24) is 10.6 Å². The number of amides is 2. The van der Waals surface area contributed by atoms with E-state index < -0.39 is 146 Å². The van der Waals surface area contributed by atoms with Crippen molar-refractivity contribution in [3.05, 3.63) is 144 Å². The fraction of sp³-hybridized carbons (Fsp3) is 0.678. The Hall–Kier alpha value is -4.56. The molecule has 0 spiro atoms. The minimum atomic E-state index is -5.00. The van der Waals surface area contributed by atoms with Crippen molar-refractivity contribution in [2.75, 3.05) is 26.4 Å².